The largest absolute Gasteiger partial charge is 0.468 e. The highest BCUT2D eigenvalue weighted by molar-refractivity contribution is 5.70. The third-order valence-corrected chi connectivity index (χ3v) is 6.15. The van der Waals surface area contributed by atoms with Crippen LogP contribution in [0.1, 0.15) is 13.3 Å². The lowest BCUT2D eigenvalue weighted by atomic mass is 10.3. The van der Waals surface area contributed by atoms with Gasteiger partial charge in [-0.05, 0) is 6.92 Å². The lowest BCUT2D eigenvalue weighted by molar-refractivity contribution is -0.149. The Kier molecular flexibility index (Phi) is 13.6. The summed E-state index contributed by atoms with van der Waals surface area (Å²) in [4.78, 5) is 114. The Hall–Kier alpha value is -4.89. The minimum Gasteiger partial charge on any atom is -0.468 e. The fourth-order valence-electron chi connectivity index (χ4n) is 3.88. The Morgan fingerprint density at radius 2 is 1.02 bits per heavy atom. The van der Waals surface area contributed by atoms with Gasteiger partial charge in [-0.2, -0.15) is 0 Å². The zero-order chi connectivity index (χ0) is 33.8. The number of methoxy groups -OCH3 is 2. The minimum atomic E-state index is -1.43. The number of ether oxygens (including phenoxy) is 4. The zero-order valence-corrected chi connectivity index (χ0v) is 24.7. The SMILES string of the molecule is COCCn1c(=O)n(CCO)c(=O)n(CCOC(=O)Cn2c(=O)n(CC(=O)OC)c(=O)n(CC(=O)OC(C)CCO)c2=O)c1=O. The summed E-state index contributed by atoms with van der Waals surface area (Å²) in [5.74, 6) is -3.44. The molecule has 0 aliphatic rings. The predicted molar refractivity (Wildman–Crippen MR) is 148 cm³/mol. The van der Waals surface area contributed by atoms with Crippen molar-refractivity contribution in [3.8, 4) is 0 Å². The van der Waals surface area contributed by atoms with Gasteiger partial charge in [0.1, 0.15) is 32.3 Å². The van der Waals surface area contributed by atoms with Crippen LogP contribution in [0.25, 0.3) is 0 Å². The lowest BCUT2D eigenvalue weighted by Gasteiger charge is -2.15. The summed E-state index contributed by atoms with van der Waals surface area (Å²) >= 11 is 0. The highest BCUT2D eigenvalue weighted by atomic mass is 16.5. The van der Waals surface area contributed by atoms with Crippen molar-refractivity contribution < 1.29 is 43.5 Å². The molecule has 0 bridgehead atoms. The first kappa shape index (κ1) is 36.3. The average molecular weight is 647 g/mol. The molecule has 0 aromatic carbocycles. The van der Waals surface area contributed by atoms with Crippen molar-refractivity contribution in [3.63, 3.8) is 0 Å². The molecule has 0 amide bonds. The van der Waals surface area contributed by atoms with Crippen LogP contribution in [0.2, 0.25) is 0 Å². The van der Waals surface area contributed by atoms with Crippen LogP contribution >= 0.6 is 0 Å². The summed E-state index contributed by atoms with van der Waals surface area (Å²) in [7, 11) is 2.28. The average Bonchev–Trinajstić information content (AvgIpc) is 2.99. The summed E-state index contributed by atoms with van der Waals surface area (Å²) in [5.41, 5.74) is -7.37. The molecule has 2 rings (SSSR count). The van der Waals surface area contributed by atoms with Crippen molar-refractivity contribution in [2.45, 2.75) is 58.7 Å². The van der Waals surface area contributed by atoms with E-state index in [1.807, 2.05) is 0 Å². The number of nitrogens with zero attached hydrogens (tertiary/aromatic N) is 6. The molecule has 2 N–H and O–H groups in total. The van der Waals surface area contributed by atoms with Crippen LogP contribution < -0.4 is 34.1 Å². The van der Waals surface area contributed by atoms with Crippen molar-refractivity contribution in [2.24, 2.45) is 0 Å². The number of aromatic nitrogens is 6. The summed E-state index contributed by atoms with van der Waals surface area (Å²) in [6.45, 7) is -4.61. The molecular weight excluding hydrogens is 612 g/mol. The monoisotopic (exact) mass is 646 g/mol. The standard InChI is InChI=1S/C24H34N6O15/c1-15(4-8-31)45-18(35)14-30-23(40)28(12-16(33)43-3)22(39)29(24(30)41)13-17(34)44-11-7-27-20(37)25(5-9-32)19(36)26(21(27)38)6-10-42-2/h15,31-32H,4-14H2,1-3H3. The Balaban J connectivity index is 2.39. The van der Waals surface area contributed by atoms with Crippen LogP contribution in [-0.2, 0) is 72.6 Å². The van der Waals surface area contributed by atoms with Gasteiger partial charge < -0.3 is 29.2 Å². The van der Waals surface area contributed by atoms with E-state index in [9.17, 15) is 48.3 Å². The van der Waals surface area contributed by atoms with Gasteiger partial charge in [0, 0.05) is 20.1 Å². The first-order valence-electron chi connectivity index (χ1n) is 13.3. The van der Waals surface area contributed by atoms with Crippen LogP contribution in [-0.4, -0.2) is 102 Å². The molecule has 0 fully saturated rings. The number of hydrogen-bond donors (Lipinski definition) is 2. The molecule has 2 aromatic rings. The summed E-state index contributed by atoms with van der Waals surface area (Å²) in [6.07, 6.45) is -0.746. The van der Waals surface area contributed by atoms with Crippen molar-refractivity contribution in [2.75, 3.05) is 40.6 Å². The molecule has 21 heteroatoms. The summed E-state index contributed by atoms with van der Waals surface area (Å²) in [5, 5.41) is 18.2. The van der Waals surface area contributed by atoms with E-state index in [0.29, 0.717) is 13.7 Å². The molecule has 45 heavy (non-hydrogen) atoms. The number of rotatable bonds is 17. The Bertz CT molecular complexity index is 1740. The van der Waals surface area contributed by atoms with Gasteiger partial charge in [0.2, 0.25) is 0 Å². The topological polar surface area (TPSA) is 261 Å². The van der Waals surface area contributed by atoms with E-state index in [4.69, 9.17) is 19.3 Å². The third kappa shape index (κ3) is 9.06. The van der Waals surface area contributed by atoms with Gasteiger partial charge in [0.25, 0.3) is 0 Å². The second-order valence-electron chi connectivity index (χ2n) is 9.23. The second-order valence-corrected chi connectivity index (χ2v) is 9.23. The summed E-state index contributed by atoms with van der Waals surface area (Å²) in [6, 6.07) is 0. The van der Waals surface area contributed by atoms with E-state index < -0.39 is 104 Å². The minimum absolute atomic E-state index is 0.0497. The maximum atomic E-state index is 13.0. The Morgan fingerprint density at radius 3 is 1.47 bits per heavy atom. The molecular formula is C24H34N6O15. The fraction of sp³-hybridized carbons (Fsp3) is 0.625. The van der Waals surface area contributed by atoms with E-state index in [1.54, 1.807) is 0 Å². The van der Waals surface area contributed by atoms with Crippen molar-refractivity contribution in [1.29, 1.82) is 0 Å². The molecule has 0 saturated carbocycles. The van der Waals surface area contributed by atoms with Crippen molar-refractivity contribution in [1.82, 2.24) is 27.4 Å². The first-order valence-corrected chi connectivity index (χ1v) is 13.3. The number of aliphatic hydroxyl groups excluding tert-OH is 2. The normalized spacial score (nSPS) is 11.7. The van der Waals surface area contributed by atoms with Gasteiger partial charge in [-0.25, -0.2) is 56.2 Å². The van der Waals surface area contributed by atoms with E-state index in [-0.39, 0.29) is 39.9 Å². The predicted octanol–water partition coefficient (Wildman–Crippen LogP) is -5.97. The van der Waals surface area contributed by atoms with Gasteiger partial charge in [-0.15, -0.1) is 0 Å². The van der Waals surface area contributed by atoms with Gasteiger partial charge in [-0.1, -0.05) is 0 Å². The van der Waals surface area contributed by atoms with Crippen LogP contribution in [0.5, 0.6) is 0 Å². The second kappa shape index (κ2) is 16.8. The molecule has 0 aliphatic carbocycles. The first-order chi connectivity index (χ1) is 21.3. The quantitative estimate of drug-likeness (QED) is 0.120. The van der Waals surface area contributed by atoms with Crippen molar-refractivity contribution >= 4 is 17.9 Å². The highest BCUT2D eigenvalue weighted by Crippen LogP contribution is 1.97. The molecule has 0 aliphatic heterocycles. The Morgan fingerprint density at radius 1 is 0.600 bits per heavy atom. The molecule has 0 radical (unpaired) electrons. The van der Waals surface area contributed by atoms with Crippen LogP contribution in [0.15, 0.2) is 28.8 Å². The van der Waals surface area contributed by atoms with Crippen LogP contribution in [0.4, 0.5) is 0 Å². The molecule has 0 saturated heterocycles. The number of hydrogen-bond acceptors (Lipinski definition) is 15. The highest BCUT2D eigenvalue weighted by Gasteiger charge is 2.23. The van der Waals surface area contributed by atoms with Crippen LogP contribution in [0, 0.1) is 0 Å². The fourth-order valence-corrected chi connectivity index (χ4v) is 3.88. The molecule has 1 unspecified atom stereocenters. The lowest BCUT2D eigenvalue weighted by Crippen LogP contribution is -2.56. The smallest absolute Gasteiger partial charge is 0.337 e. The molecule has 0 spiro atoms. The van der Waals surface area contributed by atoms with E-state index in [1.165, 1.54) is 14.0 Å². The summed E-state index contributed by atoms with van der Waals surface area (Å²) < 4.78 is 21.9. The maximum Gasteiger partial charge on any atom is 0.337 e. The molecule has 250 valence electrons. The number of esters is 3. The molecule has 2 aromatic heterocycles. The third-order valence-electron chi connectivity index (χ3n) is 6.15. The van der Waals surface area contributed by atoms with Gasteiger partial charge >= 0.3 is 52.0 Å². The molecule has 2 heterocycles. The number of carbonyl (C=O) groups is 3. The maximum absolute atomic E-state index is 13.0. The van der Waals surface area contributed by atoms with Gasteiger partial charge in [-0.3, -0.25) is 14.4 Å². The van der Waals surface area contributed by atoms with E-state index in [2.05, 4.69) is 4.74 Å². The van der Waals surface area contributed by atoms with E-state index >= 15 is 0 Å². The number of carbonyl (C=O) groups excluding carboxylic acids is 3. The number of aliphatic hydroxyl groups is 2. The molecule has 21 nitrogen and oxygen atoms in total. The van der Waals surface area contributed by atoms with Gasteiger partial charge in [0.15, 0.2) is 0 Å². The molecule has 1 atom stereocenters. The van der Waals surface area contributed by atoms with Crippen LogP contribution in [0.3, 0.4) is 0 Å². The van der Waals surface area contributed by atoms with Crippen molar-refractivity contribution in [3.05, 3.63) is 62.9 Å². The zero-order valence-electron chi connectivity index (χ0n) is 24.7. The van der Waals surface area contributed by atoms with E-state index in [0.717, 1.165) is 7.11 Å². The Labute approximate surface area is 251 Å². The van der Waals surface area contributed by atoms with Gasteiger partial charge in [0.05, 0.1) is 40.0 Å².